The summed E-state index contributed by atoms with van der Waals surface area (Å²) in [4.78, 5) is 14.9. The summed E-state index contributed by atoms with van der Waals surface area (Å²) < 4.78 is 4.52. The van der Waals surface area contributed by atoms with Crippen molar-refractivity contribution in [1.82, 2.24) is 5.32 Å². The average molecular weight is 343 g/mol. The second-order valence-electron chi connectivity index (χ2n) is 3.60. The molecule has 0 fully saturated rings. The summed E-state index contributed by atoms with van der Waals surface area (Å²) in [5.41, 5.74) is 5.59. The van der Waals surface area contributed by atoms with Crippen molar-refractivity contribution in [2.24, 2.45) is 10.7 Å². The van der Waals surface area contributed by atoms with Gasteiger partial charge in [0.1, 0.15) is 0 Å². The van der Waals surface area contributed by atoms with Crippen LogP contribution in [0.4, 0.5) is 0 Å². The maximum absolute atomic E-state index is 10.8. The number of carbonyl (C=O) groups excluding carboxylic acids is 1. The number of hydrogen-bond acceptors (Lipinski definition) is 3. The van der Waals surface area contributed by atoms with Gasteiger partial charge in [-0.25, -0.2) is 0 Å². The molecule has 0 aliphatic rings. The summed E-state index contributed by atoms with van der Waals surface area (Å²) in [5, 5.41) is 2.99. The van der Waals surface area contributed by atoms with Crippen LogP contribution >= 0.6 is 24.0 Å². The molecule has 0 unspecified atom stereocenters. The Morgan fingerprint density at radius 2 is 2.06 bits per heavy atom. The van der Waals surface area contributed by atoms with Gasteiger partial charge >= 0.3 is 5.97 Å². The molecule has 3 N–H and O–H groups in total. The first kappa shape index (κ1) is 17.9. The van der Waals surface area contributed by atoms with Crippen molar-refractivity contribution < 1.29 is 9.53 Å². The van der Waals surface area contributed by atoms with Crippen LogP contribution in [0.5, 0.6) is 0 Å². The van der Waals surface area contributed by atoms with Gasteiger partial charge in [0.2, 0.25) is 0 Å². The van der Waals surface area contributed by atoms with Crippen molar-refractivity contribution in [2.75, 3.05) is 13.7 Å². The van der Waals surface area contributed by atoms with Crippen LogP contribution in [0.15, 0.2) is 4.99 Å². The number of hydrogen-bond donors (Lipinski definition) is 2. The van der Waals surface area contributed by atoms with E-state index in [1.165, 1.54) is 7.11 Å². The van der Waals surface area contributed by atoms with E-state index in [2.05, 4.69) is 15.0 Å². The number of methoxy groups -OCH3 is 1. The minimum absolute atomic E-state index is 0. The molecule has 0 radical (unpaired) electrons. The summed E-state index contributed by atoms with van der Waals surface area (Å²) in [6.45, 7) is 4.64. The third-order valence-corrected chi connectivity index (χ3v) is 1.74. The minimum atomic E-state index is -0.174. The van der Waals surface area contributed by atoms with Gasteiger partial charge in [0.25, 0.3) is 0 Å². The van der Waals surface area contributed by atoms with Crippen molar-refractivity contribution in [2.45, 2.75) is 39.2 Å². The molecule has 0 aromatic carbocycles. The molecule has 0 saturated heterocycles. The summed E-state index contributed by atoms with van der Waals surface area (Å²) in [6.07, 6.45) is 2.07. The standard InChI is InChI=1S/C10H21N3O2.HI/c1-8(2)13-10(11)12-7-5-4-6-9(14)15-3;/h8H,4-7H2,1-3H3,(H3,11,12,13);1H. The molecular weight excluding hydrogens is 321 g/mol. The smallest absolute Gasteiger partial charge is 0.305 e. The fourth-order valence-electron chi connectivity index (χ4n) is 1.02. The monoisotopic (exact) mass is 343 g/mol. The van der Waals surface area contributed by atoms with Crippen LogP contribution in [0.2, 0.25) is 0 Å². The number of halogens is 1. The number of nitrogens with one attached hydrogen (secondary N) is 1. The Balaban J connectivity index is 0. The zero-order chi connectivity index (χ0) is 11.7. The summed E-state index contributed by atoms with van der Waals surface area (Å²) >= 11 is 0. The highest BCUT2D eigenvalue weighted by Crippen LogP contribution is 1.97. The highest BCUT2D eigenvalue weighted by molar-refractivity contribution is 14.0. The van der Waals surface area contributed by atoms with Gasteiger partial charge in [-0.05, 0) is 26.7 Å². The summed E-state index contributed by atoms with van der Waals surface area (Å²) in [6, 6.07) is 0.295. The van der Waals surface area contributed by atoms with E-state index in [1.54, 1.807) is 0 Å². The number of esters is 1. The topological polar surface area (TPSA) is 76.7 Å². The van der Waals surface area contributed by atoms with E-state index in [-0.39, 0.29) is 29.9 Å². The van der Waals surface area contributed by atoms with Crippen LogP contribution in [-0.4, -0.2) is 31.6 Å². The first-order chi connectivity index (χ1) is 7.06. The molecule has 0 amide bonds. The fourth-order valence-corrected chi connectivity index (χ4v) is 1.02. The van der Waals surface area contributed by atoms with Crippen LogP contribution in [0, 0.1) is 0 Å². The maximum atomic E-state index is 10.8. The first-order valence-corrected chi connectivity index (χ1v) is 5.19. The van der Waals surface area contributed by atoms with Crippen LogP contribution < -0.4 is 11.1 Å². The Kier molecular flexibility index (Phi) is 12.2. The lowest BCUT2D eigenvalue weighted by Crippen LogP contribution is -2.36. The SMILES string of the molecule is COC(=O)CCCCN=C(N)NC(C)C.I. The number of unbranched alkanes of at least 4 members (excludes halogenated alkanes) is 1. The van der Waals surface area contributed by atoms with E-state index in [0.29, 0.717) is 25.0 Å². The second kappa shape index (κ2) is 11.0. The minimum Gasteiger partial charge on any atom is -0.469 e. The maximum Gasteiger partial charge on any atom is 0.305 e. The second-order valence-corrected chi connectivity index (χ2v) is 3.60. The summed E-state index contributed by atoms with van der Waals surface area (Å²) in [5.74, 6) is 0.287. The molecule has 0 aliphatic heterocycles. The van der Waals surface area contributed by atoms with Gasteiger partial charge in [-0.1, -0.05) is 0 Å². The molecule has 0 heterocycles. The third-order valence-electron chi connectivity index (χ3n) is 1.74. The molecule has 0 bridgehead atoms. The number of nitrogens with zero attached hydrogens (tertiary/aromatic N) is 1. The number of nitrogens with two attached hydrogens (primary N) is 1. The Morgan fingerprint density at radius 1 is 1.44 bits per heavy atom. The zero-order valence-corrected chi connectivity index (χ0v) is 12.5. The van der Waals surface area contributed by atoms with Gasteiger partial charge in [0.15, 0.2) is 5.96 Å². The molecule has 0 rings (SSSR count). The molecule has 0 aromatic heterocycles. The molecule has 5 nitrogen and oxygen atoms in total. The van der Waals surface area contributed by atoms with Gasteiger partial charge in [-0.2, -0.15) is 0 Å². The average Bonchev–Trinajstić information content (AvgIpc) is 2.15. The highest BCUT2D eigenvalue weighted by atomic mass is 127. The highest BCUT2D eigenvalue weighted by Gasteiger charge is 1.99. The van der Waals surface area contributed by atoms with E-state index in [4.69, 9.17) is 5.73 Å². The van der Waals surface area contributed by atoms with Crippen LogP contribution in [0.3, 0.4) is 0 Å². The van der Waals surface area contributed by atoms with Crippen molar-refractivity contribution in [3.05, 3.63) is 0 Å². The van der Waals surface area contributed by atoms with Gasteiger partial charge in [-0.3, -0.25) is 9.79 Å². The van der Waals surface area contributed by atoms with E-state index in [9.17, 15) is 4.79 Å². The van der Waals surface area contributed by atoms with E-state index < -0.39 is 0 Å². The predicted molar refractivity (Wildman–Crippen MR) is 76.0 cm³/mol. The van der Waals surface area contributed by atoms with E-state index >= 15 is 0 Å². The number of rotatable bonds is 6. The van der Waals surface area contributed by atoms with E-state index in [1.807, 2.05) is 13.8 Å². The number of guanidine groups is 1. The van der Waals surface area contributed by atoms with E-state index in [0.717, 1.165) is 12.8 Å². The largest absolute Gasteiger partial charge is 0.469 e. The molecule has 96 valence electrons. The molecular formula is C10H22IN3O2. The quantitative estimate of drug-likeness (QED) is 0.250. The molecule has 0 aliphatic carbocycles. The van der Waals surface area contributed by atoms with Gasteiger partial charge in [0.05, 0.1) is 7.11 Å². The third kappa shape index (κ3) is 11.5. The number of aliphatic imine (C=N–C) groups is 1. The molecule has 0 saturated carbocycles. The molecule has 0 spiro atoms. The zero-order valence-electron chi connectivity index (χ0n) is 10.2. The summed E-state index contributed by atoms with van der Waals surface area (Å²) in [7, 11) is 1.39. The lowest BCUT2D eigenvalue weighted by Gasteiger charge is -2.08. The fraction of sp³-hybridized carbons (Fsp3) is 0.800. The normalized spacial score (nSPS) is 10.9. The number of carbonyl (C=O) groups is 1. The molecule has 0 atom stereocenters. The first-order valence-electron chi connectivity index (χ1n) is 5.19. The Bertz CT molecular complexity index is 220. The number of ether oxygens (including phenoxy) is 1. The molecule has 6 heteroatoms. The Labute approximate surface area is 114 Å². The van der Waals surface area contributed by atoms with Crippen LogP contribution in [0.1, 0.15) is 33.1 Å². The van der Waals surface area contributed by atoms with Gasteiger partial charge in [-0.15, -0.1) is 24.0 Å². The van der Waals surface area contributed by atoms with Gasteiger partial charge in [0, 0.05) is 19.0 Å². The van der Waals surface area contributed by atoms with Gasteiger partial charge < -0.3 is 15.8 Å². The Morgan fingerprint density at radius 3 is 2.56 bits per heavy atom. The Hall–Kier alpha value is -0.530. The van der Waals surface area contributed by atoms with Crippen molar-refractivity contribution in [3.63, 3.8) is 0 Å². The van der Waals surface area contributed by atoms with Crippen LogP contribution in [0.25, 0.3) is 0 Å². The predicted octanol–water partition coefficient (Wildman–Crippen LogP) is 1.26. The lowest BCUT2D eigenvalue weighted by atomic mass is 10.2. The lowest BCUT2D eigenvalue weighted by molar-refractivity contribution is -0.140. The van der Waals surface area contributed by atoms with Crippen molar-refractivity contribution in [3.8, 4) is 0 Å². The molecule has 0 aromatic rings. The van der Waals surface area contributed by atoms with Crippen molar-refractivity contribution >= 4 is 35.9 Å². The van der Waals surface area contributed by atoms with Crippen LogP contribution in [-0.2, 0) is 9.53 Å². The molecule has 16 heavy (non-hydrogen) atoms. The van der Waals surface area contributed by atoms with Crippen molar-refractivity contribution in [1.29, 1.82) is 0 Å².